The Balaban J connectivity index is 0. The predicted molar refractivity (Wildman–Crippen MR) is 78.0 cm³/mol. The van der Waals surface area contributed by atoms with Crippen molar-refractivity contribution in [3.63, 3.8) is 0 Å². The van der Waals surface area contributed by atoms with Gasteiger partial charge in [0.15, 0.2) is 0 Å². The van der Waals surface area contributed by atoms with Crippen LogP contribution in [-0.4, -0.2) is 0 Å². The van der Waals surface area contributed by atoms with Crippen molar-refractivity contribution in [1.29, 1.82) is 0 Å². The zero-order valence-electron chi connectivity index (χ0n) is 12.8. The minimum absolute atomic E-state index is 1.05. The molecular formula is C16H36. The zero-order chi connectivity index (χ0) is 12.8. The Morgan fingerprint density at radius 2 is 1.38 bits per heavy atom. The van der Waals surface area contributed by atoms with E-state index < -0.39 is 0 Å². The Labute approximate surface area is 105 Å². The van der Waals surface area contributed by atoms with Crippen LogP contribution in [0.5, 0.6) is 0 Å². The van der Waals surface area contributed by atoms with Crippen LogP contribution in [0.2, 0.25) is 0 Å². The maximum Gasteiger partial charge on any atom is -0.0386 e. The summed E-state index contributed by atoms with van der Waals surface area (Å²) in [6.07, 6.45) is 11.8. The maximum absolute atomic E-state index is 2.37. The van der Waals surface area contributed by atoms with Crippen molar-refractivity contribution >= 4 is 0 Å². The van der Waals surface area contributed by atoms with Crippen molar-refractivity contribution < 1.29 is 0 Å². The van der Waals surface area contributed by atoms with Gasteiger partial charge in [0.2, 0.25) is 0 Å². The minimum Gasteiger partial charge on any atom is -0.0683 e. The molecule has 0 amide bonds. The average Bonchev–Trinajstić information content (AvgIpc) is 2.41. The lowest BCUT2D eigenvalue weighted by molar-refractivity contribution is 0.229. The summed E-state index contributed by atoms with van der Waals surface area (Å²) in [7, 11) is 0. The van der Waals surface area contributed by atoms with Crippen LogP contribution in [-0.2, 0) is 0 Å². The molecule has 0 heterocycles. The van der Waals surface area contributed by atoms with Crippen molar-refractivity contribution in [1.82, 2.24) is 0 Å². The van der Waals surface area contributed by atoms with Gasteiger partial charge in [-0.15, -0.1) is 0 Å². The molecule has 1 aliphatic carbocycles. The molecule has 16 heavy (non-hydrogen) atoms. The second-order valence-electron chi connectivity index (χ2n) is 4.36. The standard InChI is InChI=1S/C12H24.2C2H6/c1-3-8-11(4-2)12-9-6-5-7-10-12;2*1-2/h11-12H,3-10H2,1-2H3;2*1-2H3. The first-order valence-corrected chi connectivity index (χ1v) is 7.88. The Hall–Kier alpha value is 0. The van der Waals surface area contributed by atoms with Crippen LogP contribution < -0.4 is 0 Å². The number of rotatable bonds is 4. The molecule has 0 aromatic rings. The topological polar surface area (TPSA) is 0 Å². The van der Waals surface area contributed by atoms with E-state index in [0.717, 1.165) is 11.8 Å². The Morgan fingerprint density at radius 3 is 1.75 bits per heavy atom. The van der Waals surface area contributed by atoms with Crippen LogP contribution in [0.1, 0.15) is 92.9 Å². The van der Waals surface area contributed by atoms with Crippen LogP contribution in [0, 0.1) is 11.8 Å². The van der Waals surface area contributed by atoms with E-state index in [1.54, 1.807) is 0 Å². The van der Waals surface area contributed by atoms with Gasteiger partial charge in [-0.1, -0.05) is 92.9 Å². The third-order valence-electron chi connectivity index (χ3n) is 3.50. The first-order valence-electron chi connectivity index (χ1n) is 7.88. The fourth-order valence-corrected chi connectivity index (χ4v) is 2.75. The van der Waals surface area contributed by atoms with Gasteiger partial charge in [-0.2, -0.15) is 0 Å². The van der Waals surface area contributed by atoms with Gasteiger partial charge in [0, 0.05) is 0 Å². The number of hydrogen-bond acceptors (Lipinski definition) is 0. The lowest BCUT2D eigenvalue weighted by atomic mass is 9.77. The monoisotopic (exact) mass is 228 g/mol. The van der Waals surface area contributed by atoms with Crippen LogP contribution in [0.3, 0.4) is 0 Å². The Bertz CT molecular complexity index is 97.9. The van der Waals surface area contributed by atoms with Crippen LogP contribution in [0.4, 0.5) is 0 Å². The third-order valence-corrected chi connectivity index (χ3v) is 3.50. The molecule has 0 heteroatoms. The normalized spacial score (nSPS) is 17.6. The summed E-state index contributed by atoms with van der Waals surface area (Å²) in [5.41, 5.74) is 0. The molecule has 0 aromatic carbocycles. The molecule has 0 saturated heterocycles. The van der Waals surface area contributed by atoms with Gasteiger partial charge in [-0.05, 0) is 11.8 Å². The van der Waals surface area contributed by atoms with Crippen LogP contribution in [0.15, 0.2) is 0 Å². The quantitative estimate of drug-likeness (QED) is 0.519. The largest absolute Gasteiger partial charge is 0.0683 e. The molecule has 0 spiro atoms. The van der Waals surface area contributed by atoms with Crippen molar-refractivity contribution in [2.75, 3.05) is 0 Å². The molecular weight excluding hydrogens is 192 g/mol. The highest BCUT2D eigenvalue weighted by Gasteiger charge is 2.20. The van der Waals surface area contributed by atoms with E-state index in [-0.39, 0.29) is 0 Å². The predicted octanol–water partition coefficient (Wildman–Crippen LogP) is 6.45. The second-order valence-corrected chi connectivity index (χ2v) is 4.36. The molecule has 0 aromatic heterocycles. The highest BCUT2D eigenvalue weighted by atomic mass is 14.3. The second kappa shape index (κ2) is 15.0. The van der Waals surface area contributed by atoms with E-state index in [0.29, 0.717) is 0 Å². The SMILES string of the molecule is CC.CC.CCCC(CC)C1CCCCC1. The molecule has 1 fully saturated rings. The van der Waals surface area contributed by atoms with Crippen molar-refractivity contribution in [2.45, 2.75) is 92.9 Å². The first kappa shape index (κ1) is 18.4. The highest BCUT2D eigenvalue weighted by Crippen LogP contribution is 2.33. The fourth-order valence-electron chi connectivity index (χ4n) is 2.75. The van der Waals surface area contributed by atoms with E-state index in [1.807, 2.05) is 27.7 Å². The lowest BCUT2D eigenvalue weighted by Gasteiger charge is -2.29. The zero-order valence-corrected chi connectivity index (χ0v) is 12.8. The van der Waals surface area contributed by atoms with Crippen LogP contribution >= 0.6 is 0 Å². The Kier molecular flexibility index (Phi) is 17.2. The summed E-state index contributed by atoms with van der Waals surface area (Å²) in [4.78, 5) is 0. The van der Waals surface area contributed by atoms with Gasteiger partial charge >= 0.3 is 0 Å². The highest BCUT2D eigenvalue weighted by molar-refractivity contribution is 4.72. The third kappa shape index (κ3) is 8.19. The van der Waals surface area contributed by atoms with E-state index in [1.165, 1.54) is 51.4 Å². The molecule has 0 radical (unpaired) electrons. The molecule has 0 N–H and O–H groups in total. The van der Waals surface area contributed by atoms with E-state index in [2.05, 4.69) is 13.8 Å². The van der Waals surface area contributed by atoms with Gasteiger partial charge in [-0.3, -0.25) is 0 Å². The lowest BCUT2D eigenvalue weighted by Crippen LogP contribution is -2.17. The molecule has 1 rings (SSSR count). The molecule has 100 valence electrons. The van der Waals surface area contributed by atoms with Gasteiger partial charge in [-0.25, -0.2) is 0 Å². The van der Waals surface area contributed by atoms with E-state index >= 15 is 0 Å². The molecule has 1 saturated carbocycles. The fraction of sp³-hybridized carbons (Fsp3) is 1.00. The summed E-state index contributed by atoms with van der Waals surface area (Å²) < 4.78 is 0. The molecule has 0 aliphatic heterocycles. The Morgan fingerprint density at radius 1 is 0.875 bits per heavy atom. The van der Waals surface area contributed by atoms with Crippen molar-refractivity contribution in [3.8, 4) is 0 Å². The minimum atomic E-state index is 1.05. The molecule has 0 nitrogen and oxygen atoms in total. The maximum atomic E-state index is 2.37. The average molecular weight is 228 g/mol. The summed E-state index contributed by atoms with van der Waals surface area (Å²) in [6.45, 7) is 12.7. The van der Waals surface area contributed by atoms with Gasteiger partial charge in [0.1, 0.15) is 0 Å². The van der Waals surface area contributed by atoms with E-state index in [4.69, 9.17) is 0 Å². The molecule has 1 atom stereocenters. The van der Waals surface area contributed by atoms with E-state index in [9.17, 15) is 0 Å². The van der Waals surface area contributed by atoms with Crippen molar-refractivity contribution in [3.05, 3.63) is 0 Å². The van der Waals surface area contributed by atoms with Gasteiger partial charge < -0.3 is 0 Å². The summed E-state index contributed by atoms with van der Waals surface area (Å²) in [6, 6.07) is 0. The molecule has 0 bridgehead atoms. The summed E-state index contributed by atoms with van der Waals surface area (Å²) in [5.74, 6) is 2.14. The number of hydrogen-bond donors (Lipinski definition) is 0. The van der Waals surface area contributed by atoms with Crippen LogP contribution in [0.25, 0.3) is 0 Å². The van der Waals surface area contributed by atoms with Gasteiger partial charge in [0.05, 0.1) is 0 Å². The summed E-state index contributed by atoms with van der Waals surface area (Å²) in [5, 5.41) is 0. The molecule has 1 unspecified atom stereocenters. The summed E-state index contributed by atoms with van der Waals surface area (Å²) >= 11 is 0. The smallest absolute Gasteiger partial charge is 0.0386 e. The molecule has 1 aliphatic rings. The van der Waals surface area contributed by atoms with Gasteiger partial charge in [0.25, 0.3) is 0 Å². The first-order chi connectivity index (χ1) is 7.88. The van der Waals surface area contributed by atoms with Crippen molar-refractivity contribution in [2.24, 2.45) is 11.8 Å².